The van der Waals surface area contributed by atoms with E-state index in [1.807, 2.05) is 47.4 Å². The van der Waals surface area contributed by atoms with E-state index >= 15 is 0 Å². The second-order valence-electron chi connectivity index (χ2n) is 7.63. The maximum atomic E-state index is 12.7. The van der Waals surface area contributed by atoms with Crippen LogP contribution in [-0.2, 0) is 22.6 Å². The molecule has 1 aromatic heterocycles. The molecule has 29 heavy (non-hydrogen) atoms. The number of halogens is 1. The zero-order valence-electron chi connectivity index (χ0n) is 16.0. The van der Waals surface area contributed by atoms with Crippen LogP contribution in [0.2, 0.25) is 5.02 Å². The number of benzene rings is 2. The minimum atomic E-state index is -0.643. The summed E-state index contributed by atoms with van der Waals surface area (Å²) in [5.74, 6) is 1.17. The predicted molar refractivity (Wildman–Crippen MR) is 110 cm³/mol. The first-order valence-electron chi connectivity index (χ1n) is 9.93. The van der Waals surface area contributed by atoms with Gasteiger partial charge >= 0.3 is 0 Å². The molecule has 1 saturated heterocycles. The van der Waals surface area contributed by atoms with E-state index in [4.69, 9.17) is 21.1 Å². The summed E-state index contributed by atoms with van der Waals surface area (Å²) < 4.78 is 12.2. The van der Waals surface area contributed by atoms with Gasteiger partial charge in [0.25, 0.3) is 0 Å². The van der Waals surface area contributed by atoms with Gasteiger partial charge in [0.15, 0.2) is 0 Å². The summed E-state index contributed by atoms with van der Waals surface area (Å²) in [5.41, 5.74) is 2.90. The van der Waals surface area contributed by atoms with Crippen molar-refractivity contribution in [3.05, 3.63) is 58.9 Å². The van der Waals surface area contributed by atoms with Gasteiger partial charge in [-0.1, -0.05) is 23.7 Å². The largest absolute Gasteiger partial charge is 0.462 e. The number of aromatic nitrogens is 2. The second kappa shape index (κ2) is 7.35. The van der Waals surface area contributed by atoms with Crippen molar-refractivity contribution in [2.75, 3.05) is 13.1 Å². The molecule has 0 radical (unpaired) electrons. The van der Waals surface area contributed by atoms with Crippen LogP contribution in [0.4, 0.5) is 0 Å². The lowest BCUT2D eigenvalue weighted by Gasteiger charge is -2.44. The van der Waals surface area contributed by atoms with Crippen molar-refractivity contribution in [2.45, 2.75) is 38.1 Å². The Morgan fingerprint density at radius 1 is 1.21 bits per heavy atom. The molecule has 0 aliphatic carbocycles. The number of nitrogens with zero attached hydrogens (tertiary/aromatic N) is 2. The van der Waals surface area contributed by atoms with Gasteiger partial charge in [0.1, 0.15) is 11.6 Å². The van der Waals surface area contributed by atoms with Crippen molar-refractivity contribution in [1.82, 2.24) is 14.9 Å². The van der Waals surface area contributed by atoms with Crippen molar-refractivity contribution >= 4 is 28.5 Å². The van der Waals surface area contributed by atoms with Gasteiger partial charge in [-0.2, -0.15) is 0 Å². The van der Waals surface area contributed by atoms with Gasteiger partial charge in [-0.25, -0.2) is 4.98 Å². The fraction of sp³-hybridized carbons (Fsp3) is 0.364. The molecule has 5 rings (SSSR count). The van der Waals surface area contributed by atoms with E-state index < -0.39 is 5.79 Å². The normalized spacial score (nSPS) is 17.9. The maximum Gasteiger partial charge on any atom is 0.223 e. The summed E-state index contributed by atoms with van der Waals surface area (Å²) >= 11 is 6.04. The van der Waals surface area contributed by atoms with Crippen LogP contribution in [0.1, 0.15) is 30.7 Å². The molecule has 0 unspecified atom stereocenters. The Morgan fingerprint density at radius 2 is 2.03 bits per heavy atom. The van der Waals surface area contributed by atoms with Crippen LogP contribution >= 0.6 is 11.6 Å². The molecule has 1 amide bonds. The number of hydrogen-bond acceptors (Lipinski definition) is 4. The molecule has 3 aromatic rings. The number of para-hydroxylation sites is 2. The van der Waals surface area contributed by atoms with E-state index in [1.165, 1.54) is 0 Å². The number of H-pyrrole nitrogens is 1. The van der Waals surface area contributed by atoms with Crippen molar-refractivity contribution in [3.8, 4) is 5.75 Å². The van der Waals surface area contributed by atoms with Crippen molar-refractivity contribution in [3.63, 3.8) is 0 Å². The van der Waals surface area contributed by atoms with E-state index in [0.29, 0.717) is 50.4 Å². The SMILES string of the molecule is O=C(CCc1nc2ccccc2[nH]1)N1CCC2(CC1)OCc1cc(Cl)ccc1O2. The average Bonchev–Trinajstić information content (AvgIpc) is 3.16. The smallest absolute Gasteiger partial charge is 0.223 e. The van der Waals surface area contributed by atoms with Crippen LogP contribution < -0.4 is 4.74 Å². The first kappa shape index (κ1) is 18.5. The highest BCUT2D eigenvalue weighted by atomic mass is 35.5. The van der Waals surface area contributed by atoms with Crippen molar-refractivity contribution in [2.24, 2.45) is 0 Å². The molecule has 1 N–H and O–H groups in total. The Morgan fingerprint density at radius 3 is 2.86 bits per heavy atom. The minimum Gasteiger partial charge on any atom is -0.462 e. The number of aryl methyl sites for hydroxylation is 1. The average molecular weight is 412 g/mol. The molecule has 150 valence electrons. The third-order valence-electron chi connectivity index (χ3n) is 5.70. The summed E-state index contributed by atoms with van der Waals surface area (Å²) in [6, 6.07) is 13.5. The number of ether oxygens (including phenoxy) is 2. The monoisotopic (exact) mass is 411 g/mol. The number of nitrogens with one attached hydrogen (secondary N) is 1. The number of likely N-dealkylation sites (tertiary alicyclic amines) is 1. The molecule has 0 atom stereocenters. The molecule has 1 fully saturated rings. The topological polar surface area (TPSA) is 67.5 Å². The molecule has 0 bridgehead atoms. The number of hydrogen-bond donors (Lipinski definition) is 1. The lowest BCUT2D eigenvalue weighted by Crippen LogP contribution is -2.52. The summed E-state index contributed by atoms with van der Waals surface area (Å²) in [5, 5.41) is 0.678. The first-order chi connectivity index (χ1) is 14.1. The van der Waals surface area contributed by atoms with Crippen LogP contribution in [0.3, 0.4) is 0 Å². The maximum absolute atomic E-state index is 12.7. The molecule has 0 saturated carbocycles. The number of carbonyl (C=O) groups excluding carboxylic acids is 1. The number of carbonyl (C=O) groups is 1. The van der Waals surface area contributed by atoms with Gasteiger partial charge in [0.05, 0.1) is 17.6 Å². The number of aromatic amines is 1. The van der Waals surface area contributed by atoms with Gasteiger partial charge in [-0.3, -0.25) is 4.79 Å². The fourth-order valence-electron chi connectivity index (χ4n) is 4.05. The molecule has 2 aliphatic rings. The van der Waals surface area contributed by atoms with Crippen LogP contribution in [0.5, 0.6) is 5.75 Å². The highest BCUT2D eigenvalue weighted by Crippen LogP contribution is 2.38. The highest BCUT2D eigenvalue weighted by molar-refractivity contribution is 6.30. The molecule has 2 aromatic carbocycles. The minimum absolute atomic E-state index is 0.142. The van der Waals surface area contributed by atoms with Crippen LogP contribution in [-0.4, -0.2) is 39.7 Å². The number of amides is 1. The fourth-order valence-corrected chi connectivity index (χ4v) is 4.24. The second-order valence-corrected chi connectivity index (χ2v) is 8.07. The van der Waals surface area contributed by atoms with Crippen LogP contribution in [0.25, 0.3) is 11.0 Å². The summed E-state index contributed by atoms with van der Waals surface area (Å²) in [6.45, 7) is 1.74. The molecule has 2 aliphatic heterocycles. The standard InChI is InChI=1S/C22H22ClN3O3/c23-16-5-6-19-15(13-16)14-28-22(29-19)9-11-26(12-10-22)21(27)8-7-20-24-17-3-1-2-4-18(17)25-20/h1-6,13H,7-12,14H2,(H,24,25). The Bertz CT molecular complexity index is 1020. The third-order valence-corrected chi connectivity index (χ3v) is 5.94. The van der Waals surface area contributed by atoms with Gasteiger partial charge < -0.3 is 19.4 Å². The zero-order valence-corrected chi connectivity index (χ0v) is 16.7. The molecular formula is C22H22ClN3O3. The molecule has 6 nitrogen and oxygen atoms in total. The Balaban J connectivity index is 1.17. The quantitative estimate of drug-likeness (QED) is 0.705. The molecule has 3 heterocycles. The molecule has 1 spiro atoms. The van der Waals surface area contributed by atoms with E-state index in [1.54, 1.807) is 0 Å². The molecular weight excluding hydrogens is 390 g/mol. The van der Waals surface area contributed by atoms with Crippen molar-refractivity contribution < 1.29 is 14.3 Å². The zero-order chi connectivity index (χ0) is 19.8. The Labute approximate surface area is 173 Å². The van der Waals surface area contributed by atoms with E-state index in [9.17, 15) is 4.79 Å². The lowest BCUT2D eigenvalue weighted by molar-refractivity contribution is -0.227. The number of fused-ring (bicyclic) bond motifs is 2. The summed E-state index contributed by atoms with van der Waals surface area (Å²) in [4.78, 5) is 22.4. The van der Waals surface area contributed by atoms with Crippen LogP contribution in [0, 0.1) is 0 Å². The molecule has 7 heteroatoms. The number of rotatable bonds is 3. The number of piperidine rings is 1. The van der Waals surface area contributed by atoms with E-state index in [2.05, 4.69) is 9.97 Å². The van der Waals surface area contributed by atoms with Gasteiger partial charge in [-0.05, 0) is 30.3 Å². The predicted octanol–water partition coefficient (Wildman–Crippen LogP) is 4.08. The Kier molecular flexibility index (Phi) is 4.68. The van der Waals surface area contributed by atoms with Crippen LogP contribution in [0.15, 0.2) is 42.5 Å². The van der Waals surface area contributed by atoms with Gasteiger partial charge in [0, 0.05) is 49.4 Å². The lowest BCUT2D eigenvalue weighted by atomic mass is 10.0. The first-order valence-corrected chi connectivity index (χ1v) is 10.3. The summed E-state index contributed by atoms with van der Waals surface area (Å²) in [7, 11) is 0. The summed E-state index contributed by atoms with van der Waals surface area (Å²) in [6.07, 6.45) is 2.36. The van der Waals surface area contributed by atoms with Gasteiger partial charge in [-0.15, -0.1) is 0 Å². The van der Waals surface area contributed by atoms with Gasteiger partial charge in [0.2, 0.25) is 11.7 Å². The third kappa shape index (κ3) is 3.70. The highest BCUT2D eigenvalue weighted by Gasteiger charge is 2.41. The number of imidazole rings is 1. The van der Waals surface area contributed by atoms with E-state index in [-0.39, 0.29) is 5.91 Å². The van der Waals surface area contributed by atoms with Crippen molar-refractivity contribution in [1.29, 1.82) is 0 Å². The Hall–Kier alpha value is -2.57. The van der Waals surface area contributed by atoms with E-state index in [0.717, 1.165) is 28.2 Å².